The Morgan fingerprint density at radius 3 is 2.56 bits per heavy atom. The van der Waals surface area contributed by atoms with Gasteiger partial charge in [-0.25, -0.2) is 19.6 Å². The molecular formula is C35H46N10O5. The Labute approximate surface area is 292 Å². The third kappa shape index (κ3) is 9.54. The maximum atomic E-state index is 9.69. The van der Waals surface area contributed by atoms with Gasteiger partial charge >= 0.3 is 0 Å². The summed E-state index contributed by atoms with van der Waals surface area (Å²) in [5, 5.41) is 22.0. The molecule has 0 radical (unpaired) electrons. The number of ether oxygens (including phenoxy) is 5. The number of nitrogens with zero attached hydrogens (tertiary/aromatic N) is 9. The van der Waals surface area contributed by atoms with Gasteiger partial charge in [-0.1, -0.05) is 6.07 Å². The van der Waals surface area contributed by atoms with Crippen LogP contribution in [-0.2, 0) is 20.8 Å². The smallest absolute Gasteiger partial charge is 0.256 e. The molecule has 266 valence electrons. The van der Waals surface area contributed by atoms with Crippen LogP contribution >= 0.6 is 0 Å². The first kappa shape index (κ1) is 35.2. The molecule has 0 unspecified atom stereocenters. The second-order valence-corrected chi connectivity index (χ2v) is 12.5. The third-order valence-corrected chi connectivity index (χ3v) is 8.98. The Morgan fingerprint density at radius 1 is 1.02 bits per heavy atom. The topological polar surface area (TPSA) is 160 Å². The van der Waals surface area contributed by atoms with Crippen molar-refractivity contribution < 1.29 is 23.7 Å². The SMILES string of the molecule is COCCOCCCOc1nn([C@H]2CC[C@H](N3CCOCC3)CC2)cc1Nc1ncc(-c2ccc(C#N)c(O[C@@H](C)Cn3cncn3)c2)cn1. The number of morpholine rings is 1. The van der Waals surface area contributed by atoms with Crippen LogP contribution in [0.5, 0.6) is 11.6 Å². The van der Waals surface area contributed by atoms with Crippen LogP contribution in [0.25, 0.3) is 11.1 Å². The van der Waals surface area contributed by atoms with Crippen molar-refractivity contribution in [2.24, 2.45) is 0 Å². The molecule has 4 aromatic rings. The lowest BCUT2D eigenvalue weighted by atomic mass is 9.90. The monoisotopic (exact) mass is 686 g/mol. The molecular weight excluding hydrogens is 640 g/mol. The van der Waals surface area contributed by atoms with E-state index in [1.807, 2.05) is 29.9 Å². The lowest BCUT2D eigenvalue weighted by Crippen LogP contribution is -2.45. The minimum Gasteiger partial charge on any atom is -0.487 e. The average Bonchev–Trinajstić information content (AvgIpc) is 3.82. The van der Waals surface area contributed by atoms with Crippen LogP contribution in [0.3, 0.4) is 0 Å². The van der Waals surface area contributed by atoms with Gasteiger partial charge < -0.3 is 29.0 Å². The van der Waals surface area contributed by atoms with Gasteiger partial charge in [0, 0.05) is 57.2 Å². The zero-order valence-electron chi connectivity index (χ0n) is 28.8. The lowest BCUT2D eigenvalue weighted by Gasteiger charge is -2.38. The number of nitriles is 1. The van der Waals surface area contributed by atoms with Crippen molar-refractivity contribution in [2.45, 2.75) is 63.8 Å². The maximum absolute atomic E-state index is 9.69. The molecule has 2 aliphatic rings. The quantitative estimate of drug-likeness (QED) is 0.157. The van der Waals surface area contributed by atoms with E-state index in [1.165, 1.54) is 6.33 Å². The second kappa shape index (κ2) is 17.9. The minimum absolute atomic E-state index is 0.234. The Kier molecular flexibility index (Phi) is 12.6. The number of anilines is 2. The highest BCUT2D eigenvalue weighted by Gasteiger charge is 2.29. The summed E-state index contributed by atoms with van der Waals surface area (Å²) in [6.07, 6.45) is 13.5. The van der Waals surface area contributed by atoms with Gasteiger partial charge in [0.05, 0.1) is 57.4 Å². The Hall–Kier alpha value is -4.62. The van der Waals surface area contributed by atoms with Gasteiger partial charge in [0.15, 0.2) is 0 Å². The highest BCUT2D eigenvalue weighted by Crippen LogP contribution is 2.35. The normalized spacial score (nSPS) is 18.7. The summed E-state index contributed by atoms with van der Waals surface area (Å²) in [6, 6.07) is 8.55. The average molecular weight is 687 g/mol. The van der Waals surface area contributed by atoms with E-state index in [4.69, 9.17) is 28.8 Å². The number of nitrogens with one attached hydrogen (secondary N) is 1. The van der Waals surface area contributed by atoms with E-state index in [0.29, 0.717) is 67.8 Å². The number of benzene rings is 1. The number of rotatable bonds is 17. The molecule has 4 heterocycles. The standard InChI is InChI=1S/C35H46N10O5/c1-26(22-44-25-37-24-40-44)50-33-18-27(4-5-28(33)19-36)29-20-38-35(39-21-29)41-32-23-45(42-34(32)49-13-3-12-47-17-16-46-2)31-8-6-30(7-9-31)43-10-14-48-15-11-43/h4-5,18,20-21,23-26,30-31H,3,6-17,22H2,1-2H3,(H,38,39,41)/t26-,30-,31-/m0/s1. The number of methoxy groups -OCH3 is 1. The number of hydrogen-bond donors (Lipinski definition) is 1. The number of aromatic nitrogens is 7. The van der Waals surface area contributed by atoms with E-state index < -0.39 is 0 Å². The van der Waals surface area contributed by atoms with Crippen molar-refractivity contribution >= 4 is 11.6 Å². The van der Waals surface area contributed by atoms with Crippen LogP contribution < -0.4 is 14.8 Å². The van der Waals surface area contributed by atoms with E-state index >= 15 is 0 Å². The van der Waals surface area contributed by atoms with E-state index in [0.717, 1.165) is 69.5 Å². The fourth-order valence-electron chi connectivity index (χ4n) is 6.36. The molecule has 6 rings (SSSR count). The Bertz CT molecular complexity index is 1650. The van der Waals surface area contributed by atoms with Gasteiger partial charge in [-0.05, 0) is 50.3 Å². The first-order chi connectivity index (χ1) is 24.6. The van der Waals surface area contributed by atoms with Crippen LogP contribution in [-0.4, -0.2) is 111 Å². The molecule has 1 aliphatic heterocycles. The minimum atomic E-state index is -0.234. The summed E-state index contributed by atoms with van der Waals surface area (Å²) in [5.74, 6) is 1.42. The highest BCUT2D eigenvalue weighted by atomic mass is 16.5. The Morgan fingerprint density at radius 2 is 1.82 bits per heavy atom. The third-order valence-electron chi connectivity index (χ3n) is 8.98. The van der Waals surface area contributed by atoms with Crippen molar-refractivity contribution in [3.8, 4) is 28.8 Å². The first-order valence-electron chi connectivity index (χ1n) is 17.3. The van der Waals surface area contributed by atoms with Crippen molar-refractivity contribution in [3.63, 3.8) is 0 Å². The van der Waals surface area contributed by atoms with Crippen molar-refractivity contribution in [2.75, 3.05) is 65.2 Å². The van der Waals surface area contributed by atoms with Crippen molar-refractivity contribution in [3.05, 3.63) is 55.0 Å². The molecule has 1 saturated carbocycles. The maximum Gasteiger partial charge on any atom is 0.256 e. The summed E-state index contributed by atoms with van der Waals surface area (Å²) in [6.45, 7) is 8.25. The first-order valence-corrected chi connectivity index (χ1v) is 17.3. The van der Waals surface area contributed by atoms with E-state index in [-0.39, 0.29) is 12.1 Å². The summed E-state index contributed by atoms with van der Waals surface area (Å²) in [5.41, 5.74) is 2.77. The van der Waals surface area contributed by atoms with Crippen LogP contribution in [0.1, 0.15) is 50.6 Å². The molecule has 3 aromatic heterocycles. The molecule has 1 aromatic carbocycles. The fraction of sp³-hybridized carbons (Fsp3) is 0.543. The van der Waals surface area contributed by atoms with Crippen molar-refractivity contribution in [1.29, 1.82) is 5.26 Å². The molecule has 15 heteroatoms. The second-order valence-electron chi connectivity index (χ2n) is 12.5. The molecule has 0 amide bonds. The highest BCUT2D eigenvalue weighted by molar-refractivity contribution is 5.67. The van der Waals surface area contributed by atoms with Gasteiger partial charge in [0.2, 0.25) is 5.95 Å². The lowest BCUT2D eigenvalue weighted by molar-refractivity contribution is 0.00502. The molecule has 1 N–H and O–H groups in total. The van der Waals surface area contributed by atoms with E-state index in [9.17, 15) is 5.26 Å². The van der Waals surface area contributed by atoms with Gasteiger partial charge in [-0.2, -0.15) is 10.4 Å². The van der Waals surface area contributed by atoms with Crippen LogP contribution in [0.15, 0.2) is 49.4 Å². The Balaban J connectivity index is 1.12. The van der Waals surface area contributed by atoms with E-state index in [1.54, 1.807) is 36.6 Å². The van der Waals surface area contributed by atoms with Gasteiger partial charge in [-0.3, -0.25) is 9.58 Å². The van der Waals surface area contributed by atoms with Crippen LogP contribution in [0.4, 0.5) is 11.6 Å². The molecule has 0 bridgehead atoms. The van der Waals surface area contributed by atoms with Crippen LogP contribution in [0.2, 0.25) is 0 Å². The molecule has 1 aliphatic carbocycles. The molecule has 15 nitrogen and oxygen atoms in total. The zero-order chi connectivity index (χ0) is 34.5. The van der Waals surface area contributed by atoms with Gasteiger partial charge in [-0.15, -0.1) is 5.10 Å². The largest absolute Gasteiger partial charge is 0.487 e. The predicted molar refractivity (Wildman–Crippen MR) is 184 cm³/mol. The summed E-state index contributed by atoms with van der Waals surface area (Å²) >= 11 is 0. The summed E-state index contributed by atoms with van der Waals surface area (Å²) in [7, 11) is 1.66. The fourth-order valence-corrected chi connectivity index (χ4v) is 6.36. The summed E-state index contributed by atoms with van der Waals surface area (Å²) < 4.78 is 32.2. The number of hydrogen-bond acceptors (Lipinski definition) is 13. The summed E-state index contributed by atoms with van der Waals surface area (Å²) in [4.78, 5) is 15.8. The molecule has 1 atom stereocenters. The van der Waals surface area contributed by atoms with Gasteiger partial charge in [0.25, 0.3) is 5.88 Å². The van der Waals surface area contributed by atoms with Gasteiger partial charge in [0.1, 0.15) is 36.3 Å². The van der Waals surface area contributed by atoms with E-state index in [2.05, 4.69) is 36.3 Å². The van der Waals surface area contributed by atoms with Crippen molar-refractivity contribution in [1.82, 2.24) is 39.4 Å². The molecule has 0 spiro atoms. The predicted octanol–water partition coefficient (Wildman–Crippen LogP) is 4.26. The van der Waals surface area contributed by atoms with Crippen LogP contribution in [0, 0.1) is 11.3 Å². The molecule has 1 saturated heterocycles. The molecule has 2 fully saturated rings. The zero-order valence-corrected chi connectivity index (χ0v) is 28.8. The molecule has 50 heavy (non-hydrogen) atoms.